The number of piperazine rings is 1. The first-order valence-electron chi connectivity index (χ1n) is 8.67. The van der Waals surface area contributed by atoms with Gasteiger partial charge in [-0.1, -0.05) is 12.1 Å². The molecule has 1 aromatic carbocycles. The fourth-order valence-corrected chi connectivity index (χ4v) is 3.02. The molecule has 3 rings (SSSR count). The lowest BCUT2D eigenvalue weighted by Gasteiger charge is -2.35. The van der Waals surface area contributed by atoms with Crippen molar-refractivity contribution < 1.29 is 23.1 Å². The number of aromatic hydroxyl groups is 1. The van der Waals surface area contributed by atoms with Crippen LogP contribution in [0.25, 0.3) is 0 Å². The van der Waals surface area contributed by atoms with E-state index in [0.717, 1.165) is 18.0 Å². The molecule has 5 nitrogen and oxygen atoms in total. The lowest BCUT2D eigenvalue weighted by molar-refractivity contribution is -0.137. The molecule has 0 unspecified atom stereocenters. The molecule has 27 heavy (non-hydrogen) atoms. The summed E-state index contributed by atoms with van der Waals surface area (Å²) in [5, 5.41) is 9.29. The number of aromatic nitrogens is 1. The van der Waals surface area contributed by atoms with Gasteiger partial charge in [-0.05, 0) is 36.2 Å². The van der Waals surface area contributed by atoms with Crippen molar-refractivity contribution in [3.8, 4) is 5.75 Å². The molecule has 0 spiro atoms. The lowest BCUT2D eigenvalue weighted by Crippen LogP contribution is -2.49. The minimum absolute atomic E-state index is 0.00628. The Bertz CT molecular complexity index is 768. The highest BCUT2D eigenvalue weighted by Gasteiger charge is 2.30. The third-order valence-electron chi connectivity index (χ3n) is 4.60. The molecular weight excluding hydrogens is 359 g/mol. The number of rotatable bonds is 4. The summed E-state index contributed by atoms with van der Waals surface area (Å²) in [5.74, 6) is 0.855. The fraction of sp³-hybridized carbons (Fsp3) is 0.368. The van der Waals surface area contributed by atoms with Crippen molar-refractivity contribution in [2.24, 2.45) is 0 Å². The van der Waals surface area contributed by atoms with E-state index >= 15 is 0 Å². The number of anilines is 1. The third kappa shape index (κ3) is 4.90. The van der Waals surface area contributed by atoms with Gasteiger partial charge in [0.05, 0.1) is 11.8 Å². The van der Waals surface area contributed by atoms with E-state index in [1.54, 1.807) is 17.0 Å². The standard InChI is InChI=1S/C19H20F3N3O2/c20-19(21,22)15-4-1-14(2-5-15)3-8-18(27)25-11-9-24(10-12-25)17-7-6-16(26)13-23-17/h1-2,4-7,13,26H,3,8-12H2. The zero-order valence-electron chi connectivity index (χ0n) is 14.6. The molecule has 1 fully saturated rings. The van der Waals surface area contributed by atoms with Crippen LogP contribution in [0.2, 0.25) is 0 Å². The van der Waals surface area contributed by atoms with Crippen LogP contribution in [-0.2, 0) is 17.4 Å². The van der Waals surface area contributed by atoms with Crippen molar-refractivity contribution in [2.45, 2.75) is 19.0 Å². The summed E-state index contributed by atoms with van der Waals surface area (Å²) in [5.41, 5.74) is 0.0276. The van der Waals surface area contributed by atoms with Crippen molar-refractivity contribution >= 4 is 11.7 Å². The number of alkyl halides is 3. The summed E-state index contributed by atoms with van der Waals surface area (Å²) in [4.78, 5) is 20.3. The molecule has 144 valence electrons. The summed E-state index contributed by atoms with van der Waals surface area (Å²) < 4.78 is 37.7. The van der Waals surface area contributed by atoms with Crippen LogP contribution < -0.4 is 4.90 Å². The molecule has 0 bridgehead atoms. The van der Waals surface area contributed by atoms with Gasteiger partial charge in [-0.2, -0.15) is 13.2 Å². The number of benzene rings is 1. The molecular formula is C19H20F3N3O2. The predicted molar refractivity (Wildman–Crippen MR) is 94.5 cm³/mol. The largest absolute Gasteiger partial charge is 0.506 e. The summed E-state index contributed by atoms with van der Waals surface area (Å²) in [6.07, 6.45) is -2.28. The van der Waals surface area contributed by atoms with Gasteiger partial charge in [0.15, 0.2) is 0 Å². The van der Waals surface area contributed by atoms with Gasteiger partial charge in [-0.15, -0.1) is 0 Å². The molecule has 2 heterocycles. The Hall–Kier alpha value is -2.77. The van der Waals surface area contributed by atoms with Gasteiger partial charge in [-0.3, -0.25) is 4.79 Å². The fourth-order valence-electron chi connectivity index (χ4n) is 3.02. The monoisotopic (exact) mass is 379 g/mol. The summed E-state index contributed by atoms with van der Waals surface area (Å²) in [7, 11) is 0. The smallest absolute Gasteiger partial charge is 0.416 e. The van der Waals surface area contributed by atoms with Crippen LogP contribution in [0.4, 0.5) is 19.0 Å². The van der Waals surface area contributed by atoms with E-state index in [1.807, 2.05) is 4.90 Å². The Morgan fingerprint density at radius 2 is 1.70 bits per heavy atom. The van der Waals surface area contributed by atoms with Gasteiger partial charge < -0.3 is 14.9 Å². The van der Waals surface area contributed by atoms with Gasteiger partial charge in [0.1, 0.15) is 11.6 Å². The first-order chi connectivity index (χ1) is 12.8. The van der Waals surface area contributed by atoms with Gasteiger partial charge in [0.25, 0.3) is 0 Å². The zero-order valence-corrected chi connectivity index (χ0v) is 14.6. The molecule has 0 saturated carbocycles. The van der Waals surface area contributed by atoms with Crippen molar-refractivity contribution in [1.82, 2.24) is 9.88 Å². The van der Waals surface area contributed by atoms with Crippen LogP contribution in [0.1, 0.15) is 17.5 Å². The van der Waals surface area contributed by atoms with E-state index < -0.39 is 11.7 Å². The third-order valence-corrected chi connectivity index (χ3v) is 4.60. The molecule has 1 aromatic heterocycles. The number of pyridine rings is 1. The van der Waals surface area contributed by atoms with Crippen LogP contribution in [0.15, 0.2) is 42.6 Å². The number of nitrogens with zero attached hydrogens (tertiary/aromatic N) is 3. The maximum absolute atomic E-state index is 12.6. The average Bonchev–Trinajstić information content (AvgIpc) is 2.66. The molecule has 2 aromatic rings. The van der Waals surface area contributed by atoms with E-state index in [2.05, 4.69) is 4.98 Å². The second-order valence-electron chi connectivity index (χ2n) is 6.44. The highest BCUT2D eigenvalue weighted by atomic mass is 19.4. The van der Waals surface area contributed by atoms with Crippen LogP contribution in [0, 0.1) is 0 Å². The number of hydrogen-bond donors (Lipinski definition) is 1. The van der Waals surface area contributed by atoms with Crippen molar-refractivity contribution in [1.29, 1.82) is 0 Å². The minimum atomic E-state index is -4.35. The Morgan fingerprint density at radius 3 is 2.26 bits per heavy atom. The lowest BCUT2D eigenvalue weighted by atomic mass is 10.1. The van der Waals surface area contributed by atoms with Crippen LogP contribution >= 0.6 is 0 Å². The Labute approximate surface area is 155 Å². The molecule has 1 N–H and O–H groups in total. The molecule has 0 aliphatic carbocycles. The molecule has 0 atom stereocenters. The Balaban J connectivity index is 1.47. The molecule has 1 amide bonds. The van der Waals surface area contributed by atoms with Gasteiger partial charge in [0, 0.05) is 32.6 Å². The van der Waals surface area contributed by atoms with E-state index in [9.17, 15) is 23.1 Å². The highest BCUT2D eigenvalue weighted by molar-refractivity contribution is 5.76. The quantitative estimate of drug-likeness (QED) is 0.887. The molecule has 0 radical (unpaired) electrons. The van der Waals surface area contributed by atoms with Crippen molar-refractivity contribution in [2.75, 3.05) is 31.1 Å². The maximum Gasteiger partial charge on any atom is 0.416 e. The SMILES string of the molecule is O=C(CCc1ccc(C(F)(F)F)cc1)N1CCN(c2ccc(O)cn2)CC1. The van der Waals surface area contributed by atoms with E-state index in [0.29, 0.717) is 38.2 Å². The number of carbonyl (C=O) groups excluding carboxylic acids is 1. The molecule has 1 aliphatic heterocycles. The highest BCUT2D eigenvalue weighted by Crippen LogP contribution is 2.29. The number of halogens is 3. The molecule has 1 aliphatic rings. The van der Waals surface area contributed by atoms with Crippen LogP contribution in [0.5, 0.6) is 5.75 Å². The van der Waals surface area contributed by atoms with Crippen LogP contribution in [-0.4, -0.2) is 47.1 Å². The summed E-state index contributed by atoms with van der Waals surface area (Å²) in [6.45, 7) is 2.41. The second kappa shape index (κ2) is 7.85. The van der Waals surface area contributed by atoms with Crippen LogP contribution in [0.3, 0.4) is 0 Å². The second-order valence-corrected chi connectivity index (χ2v) is 6.44. The predicted octanol–water partition coefficient (Wildman–Crippen LogP) is 3.09. The number of hydrogen-bond acceptors (Lipinski definition) is 4. The summed E-state index contributed by atoms with van der Waals surface area (Å²) >= 11 is 0. The topological polar surface area (TPSA) is 56.7 Å². The van der Waals surface area contributed by atoms with Gasteiger partial charge in [0.2, 0.25) is 5.91 Å². The zero-order chi connectivity index (χ0) is 19.4. The summed E-state index contributed by atoms with van der Waals surface area (Å²) in [6, 6.07) is 8.24. The minimum Gasteiger partial charge on any atom is -0.506 e. The first-order valence-corrected chi connectivity index (χ1v) is 8.67. The maximum atomic E-state index is 12.6. The Kier molecular flexibility index (Phi) is 5.53. The molecule has 8 heteroatoms. The van der Waals surface area contributed by atoms with E-state index in [-0.39, 0.29) is 18.1 Å². The van der Waals surface area contributed by atoms with E-state index in [1.165, 1.54) is 18.3 Å². The van der Waals surface area contributed by atoms with E-state index in [4.69, 9.17) is 0 Å². The van der Waals surface area contributed by atoms with Crippen molar-refractivity contribution in [3.63, 3.8) is 0 Å². The van der Waals surface area contributed by atoms with Crippen molar-refractivity contribution in [3.05, 3.63) is 53.7 Å². The van der Waals surface area contributed by atoms with Gasteiger partial charge in [-0.25, -0.2) is 4.98 Å². The Morgan fingerprint density at radius 1 is 1.04 bits per heavy atom. The first kappa shape index (κ1) is 19.0. The molecule has 1 saturated heterocycles. The number of carbonyl (C=O) groups is 1. The normalized spacial score (nSPS) is 15.1. The van der Waals surface area contributed by atoms with Gasteiger partial charge >= 0.3 is 6.18 Å². The average molecular weight is 379 g/mol. The number of amides is 1. The number of aryl methyl sites for hydroxylation is 1.